The second-order valence-electron chi connectivity index (χ2n) is 4.89. The van der Waals surface area contributed by atoms with E-state index < -0.39 is 0 Å². The van der Waals surface area contributed by atoms with Crippen LogP contribution in [0.15, 0.2) is 35.1 Å². The molecule has 21 heavy (non-hydrogen) atoms. The van der Waals surface area contributed by atoms with Crippen LogP contribution in [0, 0.1) is 0 Å². The number of rotatable bonds is 5. The minimum Gasteiger partial charge on any atom is -0.327 e. The van der Waals surface area contributed by atoms with Crippen LogP contribution < -0.4 is 0 Å². The maximum Gasteiger partial charge on any atom is 0.127 e. The molecular weight excluding hydrogens is 354 g/mol. The maximum atomic E-state index is 6.28. The van der Waals surface area contributed by atoms with Crippen molar-refractivity contribution < 1.29 is 0 Å². The number of fused-ring (bicyclic) bond motifs is 1. The lowest BCUT2D eigenvalue weighted by atomic mass is 10.3. The highest BCUT2D eigenvalue weighted by Gasteiger charge is 2.14. The molecule has 1 atom stereocenters. The number of imidazole rings is 1. The van der Waals surface area contributed by atoms with Gasteiger partial charge in [-0.25, -0.2) is 4.98 Å². The van der Waals surface area contributed by atoms with Crippen molar-refractivity contribution in [2.75, 3.05) is 0 Å². The van der Waals surface area contributed by atoms with Gasteiger partial charge in [-0.15, -0.1) is 16.7 Å². The van der Waals surface area contributed by atoms with Crippen LogP contribution >= 0.6 is 27.5 Å². The van der Waals surface area contributed by atoms with Gasteiger partial charge in [0.2, 0.25) is 0 Å². The summed E-state index contributed by atoms with van der Waals surface area (Å²) in [6.07, 6.45) is 4.50. The Morgan fingerprint density at radius 3 is 2.90 bits per heavy atom. The fraction of sp³-hybridized carbons (Fsp3) is 0.357. The van der Waals surface area contributed by atoms with Crippen LogP contribution in [0.5, 0.6) is 0 Å². The topological polar surface area (TPSA) is 48.5 Å². The first-order chi connectivity index (χ1) is 10.1. The highest BCUT2D eigenvalue weighted by atomic mass is 79.9. The molecule has 7 heteroatoms. The Labute approximate surface area is 136 Å². The predicted molar refractivity (Wildman–Crippen MR) is 86.3 cm³/mol. The van der Waals surface area contributed by atoms with Gasteiger partial charge in [-0.3, -0.25) is 4.68 Å². The van der Waals surface area contributed by atoms with Crippen molar-refractivity contribution in [2.24, 2.45) is 0 Å². The van der Waals surface area contributed by atoms with E-state index in [2.05, 4.69) is 41.9 Å². The van der Waals surface area contributed by atoms with Gasteiger partial charge in [0.05, 0.1) is 22.6 Å². The number of hydrogen-bond acceptors (Lipinski definition) is 3. The van der Waals surface area contributed by atoms with Gasteiger partial charge in [0.1, 0.15) is 5.82 Å². The van der Waals surface area contributed by atoms with Gasteiger partial charge in [0.25, 0.3) is 0 Å². The molecule has 0 N–H and O–H groups in total. The zero-order valence-corrected chi connectivity index (χ0v) is 13.9. The van der Waals surface area contributed by atoms with E-state index in [1.54, 1.807) is 6.20 Å². The number of benzene rings is 1. The van der Waals surface area contributed by atoms with Gasteiger partial charge in [-0.05, 0) is 31.5 Å². The molecule has 3 rings (SSSR count). The molecule has 2 aromatic heterocycles. The molecule has 0 aliphatic heterocycles. The standard InChI is InChI=1S/C14H15BrClN5/c1-10(16)14-18-12-4-3-11(15)9-13(12)21(14)7-2-6-20-8-5-17-19-20/h3-5,8-10H,2,6-7H2,1H3. The van der Waals surface area contributed by atoms with Gasteiger partial charge in [-0.1, -0.05) is 21.1 Å². The minimum absolute atomic E-state index is 0.123. The van der Waals surface area contributed by atoms with Crippen LogP contribution in [0.4, 0.5) is 0 Å². The van der Waals surface area contributed by atoms with E-state index in [0.717, 1.165) is 40.8 Å². The Balaban J connectivity index is 1.87. The van der Waals surface area contributed by atoms with Gasteiger partial charge in [0, 0.05) is 23.8 Å². The smallest absolute Gasteiger partial charge is 0.127 e. The molecule has 0 saturated carbocycles. The van der Waals surface area contributed by atoms with Crippen molar-refractivity contribution in [3.8, 4) is 0 Å². The SMILES string of the molecule is CC(Cl)c1nc2ccc(Br)cc2n1CCCn1ccnn1. The molecule has 0 fully saturated rings. The first-order valence-corrected chi connectivity index (χ1v) is 8.02. The van der Waals surface area contributed by atoms with Crippen LogP contribution in [0.1, 0.15) is 24.5 Å². The summed E-state index contributed by atoms with van der Waals surface area (Å²) in [5, 5.41) is 7.67. The minimum atomic E-state index is -0.123. The number of halogens is 2. The van der Waals surface area contributed by atoms with Crippen LogP contribution in [0.3, 0.4) is 0 Å². The lowest BCUT2D eigenvalue weighted by Gasteiger charge is -2.10. The van der Waals surface area contributed by atoms with Crippen LogP contribution in [-0.4, -0.2) is 24.5 Å². The second kappa shape index (κ2) is 6.15. The van der Waals surface area contributed by atoms with Gasteiger partial charge < -0.3 is 4.57 Å². The molecular formula is C14H15BrClN5. The predicted octanol–water partition coefficient (Wildman–Crippen LogP) is 3.78. The average molecular weight is 369 g/mol. The number of alkyl halides is 1. The summed E-state index contributed by atoms with van der Waals surface area (Å²) in [6.45, 7) is 3.62. The van der Waals surface area contributed by atoms with Crippen molar-refractivity contribution in [3.63, 3.8) is 0 Å². The lowest BCUT2D eigenvalue weighted by molar-refractivity contribution is 0.511. The first kappa shape index (κ1) is 14.5. The molecule has 0 aliphatic rings. The number of aromatic nitrogens is 5. The largest absolute Gasteiger partial charge is 0.327 e. The molecule has 1 aromatic carbocycles. The van der Waals surface area contributed by atoms with E-state index in [9.17, 15) is 0 Å². The average Bonchev–Trinajstić information content (AvgIpc) is 3.07. The van der Waals surface area contributed by atoms with Gasteiger partial charge >= 0.3 is 0 Å². The maximum absolute atomic E-state index is 6.28. The normalized spacial score (nSPS) is 12.9. The quantitative estimate of drug-likeness (QED) is 0.644. The third kappa shape index (κ3) is 3.11. The van der Waals surface area contributed by atoms with E-state index >= 15 is 0 Å². The molecule has 2 heterocycles. The third-order valence-corrected chi connectivity index (χ3v) is 4.02. The van der Waals surface area contributed by atoms with Gasteiger partial charge in [0.15, 0.2) is 0 Å². The summed E-state index contributed by atoms with van der Waals surface area (Å²) in [5.74, 6) is 0.906. The summed E-state index contributed by atoms with van der Waals surface area (Å²) in [7, 11) is 0. The highest BCUT2D eigenvalue weighted by Crippen LogP contribution is 2.27. The molecule has 0 aliphatic carbocycles. The van der Waals surface area contributed by atoms with E-state index in [1.807, 2.05) is 29.9 Å². The molecule has 0 bridgehead atoms. The fourth-order valence-corrected chi connectivity index (χ4v) is 2.91. The third-order valence-electron chi connectivity index (χ3n) is 3.34. The molecule has 0 radical (unpaired) electrons. The van der Waals surface area contributed by atoms with Crippen LogP contribution in [-0.2, 0) is 13.1 Å². The Bertz CT molecular complexity index is 735. The first-order valence-electron chi connectivity index (χ1n) is 6.79. The van der Waals surface area contributed by atoms with E-state index in [-0.39, 0.29) is 5.38 Å². The summed E-state index contributed by atoms with van der Waals surface area (Å²) in [4.78, 5) is 4.64. The van der Waals surface area contributed by atoms with E-state index in [1.165, 1.54) is 0 Å². The van der Waals surface area contributed by atoms with Crippen molar-refractivity contribution >= 4 is 38.6 Å². The fourth-order valence-electron chi connectivity index (χ4n) is 2.40. The van der Waals surface area contributed by atoms with E-state index in [4.69, 9.17) is 11.6 Å². The summed E-state index contributed by atoms with van der Waals surface area (Å²) in [5.41, 5.74) is 2.08. The molecule has 0 spiro atoms. The van der Waals surface area contributed by atoms with Crippen molar-refractivity contribution in [1.29, 1.82) is 0 Å². The van der Waals surface area contributed by atoms with Crippen molar-refractivity contribution in [3.05, 3.63) is 40.9 Å². The molecule has 0 amide bonds. The number of hydrogen-bond donors (Lipinski definition) is 0. The molecule has 5 nitrogen and oxygen atoms in total. The molecule has 110 valence electrons. The van der Waals surface area contributed by atoms with E-state index in [0.29, 0.717) is 0 Å². The zero-order valence-electron chi connectivity index (χ0n) is 11.6. The van der Waals surface area contributed by atoms with Crippen molar-refractivity contribution in [2.45, 2.75) is 31.8 Å². The molecule has 1 unspecified atom stereocenters. The number of aryl methyl sites for hydroxylation is 2. The monoisotopic (exact) mass is 367 g/mol. The van der Waals surface area contributed by atoms with Crippen molar-refractivity contribution in [1.82, 2.24) is 24.5 Å². The Morgan fingerprint density at radius 1 is 1.33 bits per heavy atom. The molecule has 0 saturated heterocycles. The number of nitrogens with zero attached hydrogens (tertiary/aromatic N) is 5. The Hall–Kier alpha value is -1.40. The Kier molecular flexibility index (Phi) is 4.26. The second-order valence-corrected chi connectivity index (χ2v) is 6.46. The van der Waals surface area contributed by atoms with Gasteiger partial charge in [-0.2, -0.15) is 0 Å². The summed E-state index contributed by atoms with van der Waals surface area (Å²) < 4.78 is 5.06. The summed E-state index contributed by atoms with van der Waals surface area (Å²) >= 11 is 9.79. The Morgan fingerprint density at radius 2 is 2.19 bits per heavy atom. The van der Waals surface area contributed by atoms with Crippen LogP contribution in [0.25, 0.3) is 11.0 Å². The zero-order chi connectivity index (χ0) is 14.8. The summed E-state index contributed by atoms with van der Waals surface area (Å²) in [6, 6.07) is 6.09. The molecule has 3 aromatic rings. The lowest BCUT2D eigenvalue weighted by Crippen LogP contribution is -2.08. The highest BCUT2D eigenvalue weighted by molar-refractivity contribution is 9.10. The van der Waals surface area contributed by atoms with Crippen LogP contribution in [0.2, 0.25) is 0 Å².